The van der Waals surface area contributed by atoms with Crippen LogP contribution in [0.25, 0.3) is 0 Å². The van der Waals surface area contributed by atoms with Crippen molar-refractivity contribution in [1.29, 1.82) is 0 Å². The van der Waals surface area contributed by atoms with Crippen LogP contribution in [0.3, 0.4) is 0 Å². The summed E-state index contributed by atoms with van der Waals surface area (Å²) in [6, 6.07) is 6.74. The molecule has 0 N–H and O–H groups in total. The van der Waals surface area contributed by atoms with Crippen LogP contribution in [0.4, 0.5) is 0 Å². The molecule has 2 rings (SSSR count). The quantitative estimate of drug-likeness (QED) is 0.713. The predicted molar refractivity (Wildman–Crippen MR) is 93.0 cm³/mol. The second kappa shape index (κ2) is 8.86. The van der Waals surface area contributed by atoms with E-state index in [2.05, 4.69) is 6.92 Å². The lowest BCUT2D eigenvalue weighted by atomic mass is 9.85. The topological polar surface area (TPSA) is 52.6 Å². The second-order valence-corrected chi connectivity index (χ2v) is 6.93. The van der Waals surface area contributed by atoms with Crippen molar-refractivity contribution in [2.45, 2.75) is 59.0 Å². The fourth-order valence-corrected chi connectivity index (χ4v) is 3.16. The molecule has 0 radical (unpaired) electrons. The zero-order valence-electron chi connectivity index (χ0n) is 14.9. The number of carbonyl (C=O) groups excluding carboxylic acids is 2. The molecule has 1 aromatic rings. The highest BCUT2D eigenvalue weighted by Gasteiger charge is 2.29. The van der Waals surface area contributed by atoms with Crippen molar-refractivity contribution >= 4 is 11.9 Å². The highest BCUT2D eigenvalue weighted by Crippen LogP contribution is 2.30. The maximum absolute atomic E-state index is 12.6. The van der Waals surface area contributed by atoms with Crippen LogP contribution in [-0.4, -0.2) is 24.6 Å². The maximum Gasteiger partial charge on any atom is 0.339 e. The largest absolute Gasteiger partial charge is 0.462 e. The molecule has 0 aliphatic heterocycles. The molecule has 1 aromatic carbocycles. The number of esters is 2. The lowest BCUT2D eigenvalue weighted by molar-refractivity contribution is 0.000287. The van der Waals surface area contributed by atoms with Crippen LogP contribution in [0, 0.1) is 11.8 Å². The van der Waals surface area contributed by atoms with Crippen molar-refractivity contribution in [2.24, 2.45) is 11.8 Å². The van der Waals surface area contributed by atoms with Crippen LogP contribution in [0.1, 0.15) is 73.6 Å². The van der Waals surface area contributed by atoms with Gasteiger partial charge in [-0.2, -0.15) is 0 Å². The minimum Gasteiger partial charge on any atom is -0.462 e. The van der Waals surface area contributed by atoms with E-state index in [0.29, 0.717) is 18.1 Å². The van der Waals surface area contributed by atoms with Gasteiger partial charge in [-0.25, -0.2) is 9.59 Å². The van der Waals surface area contributed by atoms with Gasteiger partial charge in [0.15, 0.2) is 0 Å². The first-order chi connectivity index (χ1) is 11.5. The third-order valence-corrected chi connectivity index (χ3v) is 4.54. The molecule has 0 aromatic heterocycles. The Labute approximate surface area is 144 Å². The lowest BCUT2D eigenvalue weighted by Gasteiger charge is -2.30. The summed E-state index contributed by atoms with van der Waals surface area (Å²) in [4.78, 5) is 24.9. The van der Waals surface area contributed by atoms with Gasteiger partial charge in [0, 0.05) is 0 Å². The third kappa shape index (κ3) is 4.83. The molecular formula is C20H28O4. The Morgan fingerprint density at radius 1 is 1.08 bits per heavy atom. The lowest BCUT2D eigenvalue weighted by Crippen LogP contribution is -2.30. The van der Waals surface area contributed by atoms with Crippen LogP contribution in [-0.2, 0) is 9.47 Å². The smallest absolute Gasteiger partial charge is 0.339 e. The fourth-order valence-electron chi connectivity index (χ4n) is 3.16. The summed E-state index contributed by atoms with van der Waals surface area (Å²) < 4.78 is 11.0. The summed E-state index contributed by atoms with van der Waals surface area (Å²) >= 11 is 0. The van der Waals surface area contributed by atoms with Crippen molar-refractivity contribution < 1.29 is 19.1 Å². The van der Waals surface area contributed by atoms with E-state index in [0.717, 1.165) is 25.7 Å². The number of carbonyl (C=O) groups is 2. The van der Waals surface area contributed by atoms with Crippen LogP contribution in [0.5, 0.6) is 0 Å². The standard InChI is InChI=1S/C20H28O4/c1-4-15-9-5-8-12-18(15)24-20(22)17-11-7-6-10-16(17)19(21)23-13-14(2)3/h6-7,10-11,14-15,18H,4-5,8-9,12-13H2,1-3H3. The monoisotopic (exact) mass is 332 g/mol. The number of hydrogen-bond donors (Lipinski definition) is 0. The summed E-state index contributed by atoms with van der Waals surface area (Å²) in [5.74, 6) is -0.215. The molecule has 4 heteroatoms. The molecule has 0 bridgehead atoms. The first-order valence-electron chi connectivity index (χ1n) is 9.00. The third-order valence-electron chi connectivity index (χ3n) is 4.54. The molecule has 4 nitrogen and oxygen atoms in total. The Hall–Kier alpha value is -1.84. The molecule has 0 amide bonds. The minimum absolute atomic E-state index is 0.0454. The number of ether oxygens (including phenoxy) is 2. The Morgan fingerprint density at radius 2 is 1.71 bits per heavy atom. The van der Waals surface area contributed by atoms with Gasteiger partial charge in [0.1, 0.15) is 6.10 Å². The van der Waals surface area contributed by atoms with Crippen LogP contribution in [0.2, 0.25) is 0 Å². The van der Waals surface area contributed by atoms with Gasteiger partial charge in [-0.1, -0.05) is 39.3 Å². The zero-order chi connectivity index (χ0) is 17.5. The Morgan fingerprint density at radius 3 is 2.33 bits per heavy atom. The molecule has 1 fully saturated rings. The van der Waals surface area contributed by atoms with E-state index in [4.69, 9.17) is 9.47 Å². The Kier molecular flexibility index (Phi) is 6.83. The van der Waals surface area contributed by atoms with E-state index in [9.17, 15) is 9.59 Å². The number of rotatable bonds is 6. The van der Waals surface area contributed by atoms with Gasteiger partial charge in [-0.3, -0.25) is 0 Å². The average molecular weight is 332 g/mol. The van der Waals surface area contributed by atoms with Crippen molar-refractivity contribution in [3.05, 3.63) is 35.4 Å². The van der Waals surface area contributed by atoms with E-state index in [1.165, 1.54) is 6.42 Å². The number of benzene rings is 1. The summed E-state index contributed by atoms with van der Waals surface area (Å²) in [6.07, 6.45) is 5.26. The van der Waals surface area contributed by atoms with E-state index in [-0.39, 0.29) is 17.6 Å². The molecule has 1 aliphatic carbocycles. The van der Waals surface area contributed by atoms with Crippen LogP contribution < -0.4 is 0 Å². The minimum atomic E-state index is -0.466. The highest BCUT2D eigenvalue weighted by molar-refractivity contribution is 6.03. The SMILES string of the molecule is CCC1CCCCC1OC(=O)c1ccccc1C(=O)OCC(C)C. The van der Waals surface area contributed by atoms with Crippen molar-refractivity contribution in [3.8, 4) is 0 Å². The maximum atomic E-state index is 12.6. The van der Waals surface area contributed by atoms with Crippen molar-refractivity contribution in [1.82, 2.24) is 0 Å². The summed E-state index contributed by atoms with van der Waals surface area (Å²) in [7, 11) is 0. The van der Waals surface area contributed by atoms with Crippen LogP contribution in [0.15, 0.2) is 24.3 Å². The molecule has 2 unspecified atom stereocenters. The van der Waals surface area contributed by atoms with Crippen molar-refractivity contribution in [2.75, 3.05) is 6.61 Å². The van der Waals surface area contributed by atoms with Gasteiger partial charge < -0.3 is 9.47 Å². The highest BCUT2D eigenvalue weighted by atomic mass is 16.5. The summed E-state index contributed by atoms with van der Waals surface area (Å²) in [5, 5.41) is 0. The Balaban J connectivity index is 2.10. The summed E-state index contributed by atoms with van der Waals surface area (Å²) in [6.45, 7) is 6.42. The molecule has 132 valence electrons. The Bertz CT molecular complexity index is 565. The first-order valence-corrected chi connectivity index (χ1v) is 9.00. The first kappa shape index (κ1) is 18.5. The molecule has 2 atom stereocenters. The zero-order valence-corrected chi connectivity index (χ0v) is 14.9. The van der Waals surface area contributed by atoms with E-state index >= 15 is 0 Å². The predicted octanol–water partition coefficient (Wildman–Crippen LogP) is 4.63. The second-order valence-electron chi connectivity index (χ2n) is 6.93. The molecular weight excluding hydrogens is 304 g/mol. The van der Waals surface area contributed by atoms with Gasteiger partial charge in [0.05, 0.1) is 17.7 Å². The molecule has 0 heterocycles. The van der Waals surface area contributed by atoms with Crippen LogP contribution >= 0.6 is 0 Å². The van der Waals surface area contributed by atoms with Crippen molar-refractivity contribution in [3.63, 3.8) is 0 Å². The number of hydrogen-bond acceptors (Lipinski definition) is 4. The van der Waals surface area contributed by atoms with E-state index in [1.807, 2.05) is 13.8 Å². The molecule has 0 saturated heterocycles. The van der Waals surface area contributed by atoms with Gasteiger partial charge in [-0.05, 0) is 49.7 Å². The molecule has 1 aliphatic rings. The summed E-state index contributed by atoms with van der Waals surface area (Å²) in [5.41, 5.74) is 0.582. The molecule has 24 heavy (non-hydrogen) atoms. The van der Waals surface area contributed by atoms with Gasteiger partial charge in [0.25, 0.3) is 0 Å². The fraction of sp³-hybridized carbons (Fsp3) is 0.600. The molecule has 1 saturated carbocycles. The van der Waals surface area contributed by atoms with Gasteiger partial charge in [0.2, 0.25) is 0 Å². The van der Waals surface area contributed by atoms with Gasteiger partial charge in [-0.15, -0.1) is 0 Å². The normalized spacial score (nSPS) is 20.7. The molecule has 0 spiro atoms. The van der Waals surface area contributed by atoms with Gasteiger partial charge >= 0.3 is 11.9 Å². The average Bonchev–Trinajstić information content (AvgIpc) is 2.60. The van der Waals surface area contributed by atoms with E-state index in [1.54, 1.807) is 24.3 Å². The van der Waals surface area contributed by atoms with E-state index < -0.39 is 11.9 Å².